The van der Waals surface area contributed by atoms with E-state index in [0.29, 0.717) is 5.56 Å². The second kappa shape index (κ2) is 6.81. The molecule has 9 nitrogen and oxygen atoms in total. The maximum Gasteiger partial charge on any atom is 0.321 e. The van der Waals surface area contributed by atoms with Crippen LogP contribution < -0.4 is 0 Å². The van der Waals surface area contributed by atoms with Gasteiger partial charge in [0.2, 0.25) is 0 Å². The Morgan fingerprint density at radius 2 is 1.82 bits per heavy atom. The molecular formula is C12H17N3O6S. The molecule has 0 radical (unpaired) electrons. The van der Waals surface area contributed by atoms with Gasteiger partial charge in [0.25, 0.3) is 15.9 Å². The van der Waals surface area contributed by atoms with E-state index in [4.69, 9.17) is 5.11 Å². The van der Waals surface area contributed by atoms with Gasteiger partial charge in [-0.3, -0.25) is 14.9 Å². The summed E-state index contributed by atoms with van der Waals surface area (Å²) in [5.74, 6) is -1.28. The first-order valence-corrected chi connectivity index (χ1v) is 7.62. The second-order valence-electron chi connectivity index (χ2n) is 4.77. The summed E-state index contributed by atoms with van der Waals surface area (Å²) in [6, 6.07) is 3.99. The van der Waals surface area contributed by atoms with Crippen LogP contribution in [-0.4, -0.2) is 53.2 Å². The van der Waals surface area contributed by atoms with E-state index in [9.17, 15) is 23.3 Å². The van der Waals surface area contributed by atoms with Crippen LogP contribution in [0.15, 0.2) is 24.3 Å². The molecule has 0 fully saturated rings. The molecule has 0 aliphatic carbocycles. The van der Waals surface area contributed by atoms with E-state index < -0.39 is 27.1 Å². The lowest BCUT2D eigenvalue weighted by atomic mass is 10.2. The fourth-order valence-corrected chi connectivity index (χ4v) is 2.88. The molecule has 0 unspecified atom stereocenters. The number of aliphatic carboxylic acids is 1. The summed E-state index contributed by atoms with van der Waals surface area (Å²) in [4.78, 5) is 21.2. The molecule has 1 aromatic rings. The number of nitro benzene ring substituents is 1. The Morgan fingerprint density at radius 3 is 2.18 bits per heavy atom. The first-order valence-electron chi connectivity index (χ1n) is 6.22. The highest BCUT2D eigenvalue weighted by atomic mass is 32.2. The van der Waals surface area contributed by atoms with Gasteiger partial charge < -0.3 is 5.11 Å². The SMILES string of the molecule is C[C@@H](C(=O)O)N(Cc1ccc([N+](=O)[O-])cc1)S(=O)(=O)N(C)C. The highest BCUT2D eigenvalue weighted by Gasteiger charge is 2.33. The van der Waals surface area contributed by atoms with Crippen molar-refractivity contribution in [3.63, 3.8) is 0 Å². The molecule has 1 atom stereocenters. The van der Waals surface area contributed by atoms with Gasteiger partial charge in [-0.1, -0.05) is 12.1 Å². The summed E-state index contributed by atoms with van der Waals surface area (Å²) in [6.45, 7) is 1.06. The van der Waals surface area contributed by atoms with E-state index in [0.717, 1.165) is 8.61 Å². The van der Waals surface area contributed by atoms with Crippen LogP contribution in [0.3, 0.4) is 0 Å². The smallest absolute Gasteiger partial charge is 0.321 e. The van der Waals surface area contributed by atoms with Crippen LogP contribution in [0.4, 0.5) is 5.69 Å². The molecule has 1 aromatic carbocycles. The summed E-state index contributed by atoms with van der Waals surface area (Å²) >= 11 is 0. The van der Waals surface area contributed by atoms with Crippen LogP contribution in [0.25, 0.3) is 0 Å². The molecule has 22 heavy (non-hydrogen) atoms. The Hall–Kier alpha value is -2.04. The van der Waals surface area contributed by atoms with Gasteiger partial charge in [0.15, 0.2) is 0 Å². The Morgan fingerprint density at radius 1 is 1.32 bits per heavy atom. The van der Waals surface area contributed by atoms with Crippen molar-refractivity contribution >= 4 is 21.9 Å². The standard InChI is InChI=1S/C12H17N3O6S/c1-9(12(16)17)14(22(20,21)13(2)3)8-10-4-6-11(7-5-10)15(18)19/h4-7,9H,8H2,1-3H3,(H,16,17)/t9-/m0/s1. The maximum absolute atomic E-state index is 12.2. The minimum atomic E-state index is -3.96. The number of hydrogen-bond donors (Lipinski definition) is 1. The van der Waals surface area contributed by atoms with Gasteiger partial charge in [-0.15, -0.1) is 0 Å². The predicted octanol–water partition coefficient (Wildman–Crippen LogP) is 0.676. The van der Waals surface area contributed by atoms with Gasteiger partial charge in [-0.2, -0.15) is 17.0 Å². The number of carboxylic acids is 1. The summed E-state index contributed by atoms with van der Waals surface area (Å²) in [5, 5.41) is 19.7. The van der Waals surface area contributed by atoms with Crippen molar-refractivity contribution in [2.24, 2.45) is 0 Å². The molecule has 0 aliphatic heterocycles. The van der Waals surface area contributed by atoms with Crippen LogP contribution in [-0.2, 0) is 21.5 Å². The molecule has 0 saturated carbocycles. The van der Waals surface area contributed by atoms with E-state index in [-0.39, 0.29) is 12.2 Å². The zero-order chi connectivity index (χ0) is 17.1. The lowest BCUT2D eigenvalue weighted by molar-refractivity contribution is -0.384. The number of rotatable bonds is 7. The van der Waals surface area contributed by atoms with E-state index in [2.05, 4.69) is 0 Å². The van der Waals surface area contributed by atoms with Crippen LogP contribution in [0.5, 0.6) is 0 Å². The minimum absolute atomic E-state index is 0.128. The van der Waals surface area contributed by atoms with Crippen molar-refractivity contribution in [1.29, 1.82) is 0 Å². The number of nitro groups is 1. The molecule has 0 heterocycles. The molecule has 1 rings (SSSR count). The molecule has 0 spiro atoms. The van der Waals surface area contributed by atoms with Crippen molar-refractivity contribution in [1.82, 2.24) is 8.61 Å². The summed E-state index contributed by atoms with van der Waals surface area (Å²) in [7, 11) is -1.36. The Labute approximate surface area is 128 Å². The molecule has 0 aliphatic rings. The second-order valence-corrected chi connectivity index (χ2v) is 6.87. The number of carbonyl (C=O) groups is 1. The zero-order valence-electron chi connectivity index (χ0n) is 12.3. The van der Waals surface area contributed by atoms with Crippen LogP contribution in [0.2, 0.25) is 0 Å². The lowest BCUT2D eigenvalue weighted by Gasteiger charge is -2.28. The quantitative estimate of drug-likeness (QED) is 0.579. The maximum atomic E-state index is 12.2. The fourth-order valence-electron chi connectivity index (χ4n) is 1.65. The van der Waals surface area contributed by atoms with Crippen molar-refractivity contribution < 1.29 is 23.2 Å². The van der Waals surface area contributed by atoms with Crippen molar-refractivity contribution in [3.05, 3.63) is 39.9 Å². The number of hydrogen-bond acceptors (Lipinski definition) is 5. The first kappa shape index (κ1) is 18.0. The van der Waals surface area contributed by atoms with E-state index in [1.807, 2.05) is 0 Å². The molecule has 1 N–H and O–H groups in total. The fraction of sp³-hybridized carbons (Fsp3) is 0.417. The van der Waals surface area contributed by atoms with Crippen LogP contribution >= 0.6 is 0 Å². The molecule has 0 aromatic heterocycles. The van der Waals surface area contributed by atoms with Crippen molar-refractivity contribution in [2.75, 3.05) is 14.1 Å². The monoisotopic (exact) mass is 331 g/mol. The molecule has 10 heteroatoms. The third-order valence-electron chi connectivity index (χ3n) is 3.03. The highest BCUT2D eigenvalue weighted by Crippen LogP contribution is 2.18. The van der Waals surface area contributed by atoms with Gasteiger partial charge in [-0.05, 0) is 12.5 Å². The topological polar surface area (TPSA) is 121 Å². The highest BCUT2D eigenvalue weighted by molar-refractivity contribution is 7.86. The normalized spacial score (nSPS) is 13.3. The summed E-state index contributed by atoms with van der Waals surface area (Å²) in [6.07, 6.45) is 0. The first-order chi connectivity index (χ1) is 10.1. The van der Waals surface area contributed by atoms with Crippen molar-refractivity contribution in [2.45, 2.75) is 19.5 Å². The number of non-ortho nitro benzene ring substituents is 1. The van der Waals surface area contributed by atoms with E-state index >= 15 is 0 Å². The zero-order valence-corrected chi connectivity index (χ0v) is 13.1. The van der Waals surface area contributed by atoms with Gasteiger partial charge in [0.1, 0.15) is 6.04 Å². The summed E-state index contributed by atoms with van der Waals surface area (Å²) in [5.41, 5.74) is 0.321. The van der Waals surface area contributed by atoms with Crippen molar-refractivity contribution in [3.8, 4) is 0 Å². The predicted molar refractivity (Wildman–Crippen MR) is 78.3 cm³/mol. The molecular weight excluding hydrogens is 314 g/mol. The molecule has 0 saturated heterocycles. The van der Waals surface area contributed by atoms with Gasteiger partial charge >= 0.3 is 5.97 Å². The average molecular weight is 331 g/mol. The van der Waals surface area contributed by atoms with Gasteiger partial charge in [0, 0.05) is 32.8 Å². The number of benzene rings is 1. The van der Waals surface area contributed by atoms with Crippen LogP contribution in [0, 0.1) is 10.1 Å². The number of carboxylic acid groups (broad SMARTS) is 1. The van der Waals surface area contributed by atoms with Crippen LogP contribution in [0.1, 0.15) is 12.5 Å². The van der Waals surface area contributed by atoms with E-state index in [1.54, 1.807) is 0 Å². The Bertz CT molecular complexity index is 656. The minimum Gasteiger partial charge on any atom is -0.480 e. The average Bonchev–Trinajstić information content (AvgIpc) is 2.43. The third kappa shape index (κ3) is 4.00. The molecule has 0 bridgehead atoms. The lowest BCUT2D eigenvalue weighted by Crippen LogP contribution is -2.47. The van der Waals surface area contributed by atoms with E-state index in [1.165, 1.54) is 45.3 Å². The van der Waals surface area contributed by atoms with Gasteiger partial charge in [0.05, 0.1) is 4.92 Å². The third-order valence-corrected chi connectivity index (χ3v) is 4.99. The largest absolute Gasteiger partial charge is 0.480 e. The van der Waals surface area contributed by atoms with Gasteiger partial charge in [-0.25, -0.2) is 0 Å². The number of nitrogens with zero attached hydrogens (tertiary/aromatic N) is 3. The summed E-state index contributed by atoms with van der Waals surface area (Å²) < 4.78 is 26.2. The molecule has 122 valence electrons. The Balaban J connectivity index is 3.13. The molecule has 0 amide bonds. The Kier molecular flexibility index (Phi) is 5.58.